The van der Waals surface area contributed by atoms with Crippen molar-refractivity contribution in [2.45, 2.75) is 13.8 Å². The zero-order valence-corrected chi connectivity index (χ0v) is 8.41. The standard InChI is InChI=1S/C9H15N5/c1-6(2)3-4-12-8-5-7(10)13-9(11)14-8/h3,5H,4H2,1-2H3,(H5,10,11,12,13,14). The molecule has 0 saturated carbocycles. The Balaban J connectivity index is 2.63. The van der Waals surface area contributed by atoms with E-state index >= 15 is 0 Å². The first-order valence-electron chi connectivity index (χ1n) is 4.35. The van der Waals surface area contributed by atoms with Gasteiger partial charge in [0, 0.05) is 12.6 Å². The molecule has 0 amide bonds. The van der Waals surface area contributed by atoms with Crippen LogP contribution in [0.2, 0.25) is 0 Å². The maximum atomic E-state index is 5.50. The molecule has 0 spiro atoms. The van der Waals surface area contributed by atoms with Gasteiger partial charge in [-0.15, -0.1) is 0 Å². The Morgan fingerprint density at radius 1 is 1.43 bits per heavy atom. The van der Waals surface area contributed by atoms with Gasteiger partial charge in [0.15, 0.2) is 0 Å². The molecule has 1 aromatic heterocycles. The maximum absolute atomic E-state index is 5.50. The highest BCUT2D eigenvalue weighted by atomic mass is 15.1. The molecular weight excluding hydrogens is 178 g/mol. The average Bonchev–Trinajstić information content (AvgIpc) is 2.01. The van der Waals surface area contributed by atoms with Crippen LogP contribution in [-0.2, 0) is 0 Å². The third-order valence-corrected chi connectivity index (χ3v) is 1.56. The zero-order chi connectivity index (χ0) is 10.6. The second kappa shape index (κ2) is 4.45. The smallest absolute Gasteiger partial charge is 0.223 e. The van der Waals surface area contributed by atoms with E-state index in [4.69, 9.17) is 11.5 Å². The van der Waals surface area contributed by atoms with Gasteiger partial charge in [-0.25, -0.2) is 0 Å². The summed E-state index contributed by atoms with van der Waals surface area (Å²) in [6.45, 7) is 4.77. The Bertz CT molecular complexity index is 321. The van der Waals surface area contributed by atoms with Crippen LogP contribution < -0.4 is 16.8 Å². The first-order valence-corrected chi connectivity index (χ1v) is 4.35. The van der Waals surface area contributed by atoms with Crippen LogP contribution in [0, 0.1) is 0 Å². The summed E-state index contributed by atoms with van der Waals surface area (Å²) in [4.78, 5) is 7.74. The molecule has 0 unspecified atom stereocenters. The summed E-state index contributed by atoms with van der Waals surface area (Å²) in [6, 6.07) is 1.65. The van der Waals surface area contributed by atoms with E-state index in [1.54, 1.807) is 6.07 Å². The molecule has 1 aromatic rings. The van der Waals surface area contributed by atoms with Crippen molar-refractivity contribution in [3.63, 3.8) is 0 Å². The number of hydrogen-bond donors (Lipinski definition) is 3. The lowest BCUT2D eigenvalue weighted by Crippen LogP contribution is -2.06. The summed E-state index contributed by atoms with van der Waals surface area (Å²) in [5, 5.41) is 3.07. The Labute approximate surface area is 83.2 Å². The molecular formula is C9H15N5. The maximum Gasteiger partial charge on any atom is 0.223 e. The van der Waals surface area contributed by atoms with Crippen molar-refractivity contribution in [2.24, 2.45) is 0 Å². The molecule has 5 heteroatoms. The SMILES string of the molecule is CC(C)=CCNc1cc(N)nc(N)n1. The molecule has 0 aliphatic carbocycles. The predicted molar refractivity (Wildman–Crippen MR) is 58.8 cm³/mol. The number of nitrogens with one attached hydrogen (secondary N) is 1. The van der Waals surface area contributed by atoms with E-state index in [9.17, 15) is 0 Å². The molecule has 0 fully saturated rings. The average molecular weight is 193 g/mol. The van der Waals surface area contributed by atoms with E-state index in [0.29, 0.717) is 18.2 Å². The lowest BCUT2D eigenvalue weighted by Gasteiger charge is -2.04. The highest BCUT2D eigenvalue weighted by Gasteiger charge is 1.97. The molecule has 1 heterocycles. The molecule has 5 nitrogen and oxygen atoms in total. The fraction of sp³-hybridized carbons (Fsp3) is 0.333. The number of rotatable bonds is 3. The van der Waals surface area contributed by atoms with E-state index in [1.807, 2.05) is 13.8 Å². The number of hydrogen-bond acceptors (Lipinski definition) is 5. The van der Waals surface area contributed by atoms with Crippen LogP contribution in [-0.4, -0.2) is 16.5 Å². The molecule has 14 heavy (non-hydrogen) atoms. The largest absolute Gasteiger partial charge is 0.383 e. The van der Waals surface area contributed by atoms with Gasteiger partial charge in [0.05, 0.1) is 0 Å². The van der Waals surface area contributed by atoms with E-state index in [2.05, 4.69) is 21.4 Å². The number of nitrogens with zero attached hydrogens (tertiary/aromatic N) is 2. The van der Waals surface area contributed by atoms with Crippen molar-refractivity contribution in [2.75, 3.05) is 23.3 Å². The summed E-state index contributed by atoms with van der Waals surface area (Å²) in [5.74, 6) is 1.20. The summed E-state index contributed by atoms with van der Waals surface area (Å²) in [6.07, 6.45) is 2.05. The number of aromatic nitrogens is 2. The Hall–Kier alpha value is -1.78. The van der Waals surface area contributed by atoms with Crippen LogP contribution in [0.25, 0.3) is 0 Å². The lowest BCUT2D eigenvalue weighted by atomic mass is 10.3. The van der Waals surface area contributed by atoms with Crippen molar-refractivity contribution < 1.29 is 0 Å². The third-order valence-electron chi connectivity index (χ3n) is 1.56. The monoisotopic (exact) mass is 193 g/mol. The normalized spacial score (nSPS) is 9.57. The molecule has 0 aliphatic heterocycles. The fourth-order valence-electron chi connectivity index (χ4n) is 0.936. The second-order valence-corrected chi connectivity index (χ2v) is 3.20. The quantitative estimate of drug-likeness (QED) is 0.623. The Morgan fingerprint density at radius 3 is 2.71 bits per heavy atom. The molecule has 0 aliphatic rings. The van der Waals surface area contributed by atoms with E-state index in [-0.39, 0.29) is 5.95 Å². The van der Waals surface area contributed by atoms with Crippen molar-refractivity contribution in [1.82, 2.24) is 9.97 Å². The molecule has 76 valence electrons. The van der Waals surface area contributed by atoms with Gasteiger partial charge in [-0.1, -0.05) is 11.6 Å². The minimum Gasteiger partial charge on any atom is -0.383 e. The number of allylic oxidation sites excluding steroid dienone is 1. The summed E-state index contributed by atoms with van der Waals surface area (Å²) in [5.41, 5.74) is 12.2. The molecule has 1 rings (SSSR count). The van der Waals surface area contributed by atoms with Gasteiger partial charge in [-0.3, -0.25) is 0 Å². The molecule has 0 aromatic carbocycles. The third kappa shape index (κ3) is 3.30. The highest BCUT2D eigenvalue weighted by Crippen LogP contribution is 2.08. The van der Waals surface area contributed by atoms with Crippen LogP contribution in [0.5, 0.6) is 0 Å². The van der Waals surface area contributed by atoms with Gasteiger partial charge in [-0.2, -0.15) is 9.97 Å². The van der Waals surface area contributed by atoms with Gasteiger partial charge in [0.1, 0.15) is 11.6 Å². The van der Waals surface area contributed by atoms with E-state index < -0.39 is 0 Å². The van der Waals surface area contributed by atoms with Gasteiger partial charge in [0.25, 0.3) is 0 Å². The van der Waals surface area contributed by atoms with Crippen LogP contribution in [0.1, 0.15) is 13.8 Å². The lowest BCUT2D eigenvalue weighted by molar-refractivity contribution is 1.15. The second-order valence-electron chi connectivity index (χ2n) is 3.20. The summed E-state index contributed by atoms with van der Waals surface area (Å²) in [7, 11) is 0. The van der Waals surface area contributed by atoms with Crippen LogP contribution in [0.3, 0.4) is 0 Å². The summed E-state index contributed by atoms with van der Waals surface area (Å²) >= 11 is 0. The predicted octanol–water partition coefficient (Wildman–Crippen LogP) is 1.02. The van der Waals surface area contributed by atoms with Crippen molar-refractivity contribution in [3.05, 3.63) is 17.7 Å². The number of anilines is 3. The first-order chi connectivity index (χ1) is 6.58. The summed E-state index contributed by atoms with van der Waals surface area (Å²) < 4.78 is 0. The Morgan fingerprint density at radius 2 is 2.14 bits per heavy atom. The van der Waals surface area contributed by atoms with Gasteiger partial charge < -0.3 is 16.8 Å². The minimum absolute atomic E-state index is 0.185. The van der Waals surface area contributed by atoms with Gasteiger partial charge >= 0.3 is 0 Å². The van der Waals surface area contributed by atoms with Crippen molar-refractivity contribution in [3.8, 4) is 0 Å². The minimum atomic E-state index is 0.185. The van der Waals surface area contributed by atoms with Gasteiger partial charge in [-0.05, 0) is 13.8 Å². The molecule has 0 saturated heterocycles. The van der Waals surface area contributed by atoms with Crippen LogP contribution in [0.15, 0.2) is 17.7 Å². The van der Waals surface area contributed by atoms with Crippen LogP contribution in [0.4, 0.5) is 17.6 Å². The molecule has 0 radical (unpaired) electrons. The van der Waals surface area contributed by atoms with Gasteiger partial charge in [0.2, 0.25) is 5.95 Å². The molecule has 0 bridgehead atoms. The van der Waals surface area contributed by atoms with Crippen molar-refractivity contribution >= 4 is 17.6 Å². The number of nitrogen functional groups attached to an aromatic ring is 2. The molecule has 0 atom stereocenters. The van der Waals surface area contributed by atoms with Crippen molar-refractivity contribution in [1.29, 1.82) is 0 Å². The Kier molecular flexibility index (Phi) is 3.28. The number of nitrogens with two attached hydrogens (primary N) is 2. The zero-order valence-electron chi connectivity index (χ0n) is 8.41. The van der Waals surface area contributed by atoms with E-state index in [0.717, 1.165) is 0 Å². The van der Waals surface area contributed by atoms with E-state index in [1.165, 1.54) is 5.57 Å². The highest BCUT2D eigenvalue weighted by molar-refractivity contribution is 5.48. The first kappa shape index (κ1) is 10.3. The fourth-order valence-corrected chi connectivity index (χ4v) is 0.936. The molecule has 5 N–H and O–H groups in total. The van der Waals surface area contributed by atoms with Crippen LogP contribution >= 0.6 is 0 Å². The topological polar surface area (TPSA) is 89.8 Å².